The number of carbonyl (C=O) groups is 1. The topological polar surface area (TPSA) is 80.0 Å². The molecule has 1 aromatic rings. The first-order chi connectivity index (χ1) is 10.1. The van der Waals surface area contributed by atoms with Gasteiger partial charge in [0.2, 0.25) is 5.75 Å². The van der Waals surface area contributed by atoms with Gasteiger partial charge in [0, 0.05) is 6.07 Å². The summed E-state index contributed by atoms with van der Waals surface area (Å²) in [6.45, 7) is 8.76. The lowest BCUT2D eigenvalue weighted by Crippen LogP contribution is -2.12. The second-order valence-corrected chi connectivity index (χ2v) is 4.01. The van der Waals surface area contributed by atoms with Crippen LogP contribution in [0.2, 0.25) is 0 Å². The number of nitrogen functional groups attached to an aromatic ring is 1. The lowest BCUT2D eigenvalue weighted by molar-refractivity contribution is 0.0526. The van der Waals surface area contributed by atoms with Gasteiger partial charge in [-0.15, -0.1) is 0 Å². The van der Waals surface area contributed by atoms with Crippen LogP contribution >= 0.6 is 0 Å². The van der Waals surface area contributed by atoms with Gasteiger partial charge in [0.1, 0.15) is 0 Å². The van der Waals surface area contributed by atoms with Crippen LogP contribution in [-0.4, -0.2) is 32.4 Å². The molecule has 6 nitrogen and oxygen atoms in total. The second kappa shape index (κ2) is 8.24. The van der Waals surface area contributed by atoms with Crippen molar-refractivity contribution in [3.8, 4) is 17.2 Å². The molecule has 0 aromatic heterocycles. The summed E-state index contributed by atoms with van der Waals surface area (Å²) >= 11 is 0. The SMILES string of the molecule is CCOC(=O)c1cc(OCC)c(OCC)c(OCC)c1N. The number of ether oxygens (including phenoxy) is 4. The smallest absolute Gasteiger partial charge is 0.340 e. The molecule has 0 aliphatic carbocycles. The van der Waals surface area contributed by atoms with E-state index in [1.807, 2.05) is 20.8 Å². The Morgan fingerprint density at radius 1 is 0.952 bits per heavy atom. The fourth-order valence-corrected chi connectivity index (χ4v) is 1.84. The fourth-order valence-electron chi connectivity index (χ4n) is 1.84. The van der Waals surface area contributed by atoms with Crippen LogP contribution in [0.3, 0.4) is 0 Å². The fraction of sp³-hybridized carbons (Fsp3) is 0.533. The Kier molecular flexibility index (Phi) is 6.65. The van der Waals surface area contributed by atoms with Crippen LogP contribution in [0.15, 0.2) is 6.07 Å². The zero-order valence-electron chi connectivity index (χ0n) is 13.0. The van der Waals surface area contributed by atoms with Gasteiger partial charge >= 0.3 is 5.97 Å². The van der Waals surface area contributed by atoms with Gasteiger partial charge in [-0.2, -0.15) is 0 Å². The molecule has 0 fully saturated rings. The molecule has 21 heavy (non-hydrogen) atoms. The molecule has 0 radical (unpaired) electrons. The second-order valence-electron chi connectivity index (χ2n) is 4.01. The molecule has 6 heteroatoms. The van der Waals surface area contributed by atoms with Crippen molar-refractivity contribution < 1.29 is 23.7 Å². The van der Waals surface area contributed by atoms with Gasteiger partial charge in [-0.1, -0.05) is 0 Å². The Bertz CT molecular complexity index is 487. The lowest BCUT2D eigenvalue weighted by atomic mass is 10.1. The number of carbonyl (C=O) groups excluding carboxylic acids is 1. The summed E-state index contributed by atoms with van der Waals surface area (Å²) in [5, 5.41) is 0. The molecule has 0 atom stereocenters. The van der Waals surface area contributed by atoms with Crippen molar-refractivity contribution in [2.45, 2.75) is 27.7 Å². The monoisotopic (exact) mass is 297 g/mol. The summed E-state index contributed by atoms with van der Waals surface area (Å²) in [7, 11) is 0. The molecule has 1 rings (SSSR count). The Balaban J connectivity index is 3.43. The quantitative estimate of drug-likeness (QED) is 0.587. The maximum atomic E-state index is 12.0. The van der Waals surface area contributed by atoms with E-state index in [1.165, 1.54) is 6.07 Å². The van der Waals surface area contributed by atoms with Gasteiger partial charge in [-0.05, 0) is 27.7 Å². The molecular formula is C15H23NO5. The largest absolute Gasteiger partial charge is 0.490 e. The average Bonchev–Trinajstić information content (AvgIpc) is 2.46. The van der Waals surface area contributed by atoms with Gasteiger partial charge in [-0.25, -0.2) is 4.79 Å². The molecule has 0 spiro atoms. The Hall–Kier alpha value is -2.11. The predicted octanol–water partition coefficient (Wildman–Crippen LogP) is 2.64. The van der Waals surface area contributed by atoms with E-state index in [-0.39, 0.29) is 17.9 Å². The van der Waals surface area contributed by atoms with Crippen molar-refractivity contribution >= 4 is 11.7 Å². The van der Waals surface area contributed by atoms with Gasteiger partial charge in [-0.3, -0.25) is 0 Å². The average molecular weight is 297 g/mol. The molecule has 0 heterocycles. The molecule has 118 valence electrons. The van der Waals surface area contributed by atoms with Crippen LogP contribution in [0.5, 0.6) is 17.2 Å². The Morgan fingerprint density at radius 3 is 2.05 bits per heavy atom. The molecular weight excluding hydrogens is 274 g/mol. The number of esters is 1. The number of hydrogen-bond acceptors (Lipinski definition) is 6. The molecule has 0 saturated heterocycles. The van der Waals surface area contributed by atoms with Crippen molar-refractivity contribution in [1.82, 2.24) is 0 Å². The minimum Gasteiger partial charge on any atom is -0.490 e. The summed E-state index contributed by atoms with van der Waals surface area (Å²) in [6.07, 6.45) is 0. The van der Waals surface area contributed by atoms with Crippen molar-refractivity contribution in [3.05, 3.63) is 11.6 Å². The van der Waals surface area contributed by atoms with E-state index in [0.29, 0.717) is 37.1 Å². The number of benzene rings is 1. The molecule has 0 saturated carbocycles. The van der Waals surface area contributed by atoms with E-state index in [0.717, 1.165) is 0 Å². The highest BCUT2D eigenvalue weighted by molar-refractivity contribution is 5.98. The summed E-state index contributed by atoms with van der Waals surface area (Å²) in [5.41, 5.74) is 6.45. The highest BCUT2D eigenvalue weighted by Gasteiger charge is 2.24. The van der Waals surface area contributed by atoms with E-state index in [1.54, 1.807) is 6.92 Å². The Morgan fingerprint density at radius 2 is 1.52 bits per heavy atom. The first kappa shape index (κ1) is 16.9. The molecule has 2 N–H and O–H groups in total. The van der Waals surface area contributed by atoms with Gasteiger partial charge in [0.25, 0.3) is 0 Å². The maximum absolute atomic E-state index is 12.0. The number of nitrogens with two attached hydrogens (primary N) is 1. The van der Waals surface area contributed by atoms with Crippen LogP contribution < -0.4 is 19.9 Å². The van der Waals surface area contributed by atoms with Crippen LogP contribution in [0.25, 0.3) is 0 Å². The third kappa shape index (κ3) is 3.93. The third-order valence-electron chi connectivity index (χ3n) is 2.61. The third-order valence-corrected chi connectivity index (χ3v) is 2.61. The minimum absolute atomic E-state index is 0.196. The summed E-state index contributed by atoms with van der Waals surface area (Å²) in [6, 6.07) is 1.53. The van der Waals surface area contributed by atoms with Crippen LogP contribution in [0.4, 0.5) is 5.69 Å². The van der Waals surface area contributed by atoms with Crippen LogP contribution in [-0.2, 0) is 4.74 Å². The van der Waals surface area contributed by atoms with Crippen molar-refractivity contribution in [1.29, 1.82) is 0 Å². The van der Waals surface area contributed by atoms with Crippen LogP contribution in [0, 0.1) is 0 Å². The van der Waals surface area contributed by atoms with E-state index in [9.17, 15) is 4.79 Å². The first-order valence-corrected chi connectivity index (χ1v) is 7.12. The first-order valence-electron chi connectivity index (χ1n) is 7.12. The van der Waals surface area contributed by atoms with E-state index in [2.05, 4.69) is 0 Å². The maximum Gasteiger partial charge on any atom is 0.340 e. The molecule has 0 aliphatic rings. The molecule has 0 unspecified atom stereocenters. The molecule has 0 aliphatic heterocycles. The zero-order chi connectivity index (χ0) is 15.8. The lowest BCUT2D eigenvalue weighted by Gasteiger charge is -2.19. The molecule has 0 bridgehead atoms. The Labute approximate surface area is 125 Å². The van der Waals surface area contributed by atoms with Gasteiger partial charge in [0.15, 0.2) is 11.5 Å². The highest BCUT2D eigenvalue weighted by Crippen LogP contribution is 2.44. The number of anilines is 1. The van der Waals surface area contributed by atoms with E-state index >= 15 is 0 Å². The standard InChI is InChI=1S/C15H23NO5/c1-5-18-11-9-10(15(17)21-8-4)12(16)14(20-7-3)13(11)19-6-2/h9H,5-8,16H2,1-4H3. The number of hydrogen-bond donors (Lipinski definition) is 1. The van der Waals surface area contributed by atoms with E-state index in [4.69, 9.17) is 24.7 Å². The summed E-state index contributed by atoms with van der Waals surface area (Å²) < 4.78 is 21.6. The van der Waals surface area contributed by atoms with Crippen molar-refractivity contribution in [2.24, 2.45) is 0 Å². The van der Waals surface area contributed by atoms with Crippen LogP contribution in [0.1, 0.15) is 38.1 Å². The minimum atomic E-state index is -0.514. The van der Waals surface area contributed by atoms with Gasteiger partial charge in [0.05, 0.1) is 37.7 Å². The van der Waals surface area contributed by atoms with E-state index < -0.39 is 5.97 Å². The summed E-state index contributed by atoms with van der Waals surface area (Å²) in [4.78, 5) is 12.0. The molecule has 0 amide bonds. The number of rotatable bonds is 8. The summed E-state index contributed by atoms with van der Waals surface area (Å²) in [5.74, 6) is 0.625. The van der Waals surface area contributed by atoms with Crippen molar-refractivity contribution in [2.75, 3.05) is 32.2 Å². The zero-order valence-corrected chi connectivity index (χ0v) is 13.0. The normalized spacial score (nSPS) is 10.1. The predicted molar refractivity (Wildman–Crippen MR) is 80.3 cm³/mol. The molecule has 1 aromatic carbocycles. The van der Waals surface area contributed by atoms with Gasteiger partial charge < -0.3 is 24.7 Å². The highest BCUT2D eigenvalue weighted by atomic mass is 16.5. The van der Waals surface area contributed by atoms with Crippen molar-refractivity contribution in [3.63, 3.8) is 0 Å².